The van der Waals surface area contributed by atoms with E-state index in [1.807, 2.05) is 19.1 Å². The van der Waals surface area contributed by atoms with Gasteiger partial charge in [0.2, 0.25) is 5.91 Å². The molecule has 168 valence electrons. The third-order valence-corrected chi connectivity index (χ3v) is 6.51. The Morgan fingerprint density at radius 3 is 2.66 bits per heavy atom. The minimum absolute atomic E-state index is 0.0617. The number of rotatable bonds is 4. The van der Waals surface area contributed by atoms with Crippen LogP contribution >= 0.6 is 0 Å². The molecule has 0 N–H and O–H groups in total. The second-order valence-electron chi connectivity index (χ2n) is 8.73. The van der Waals surface area contributed by atoms with Crippen molar-refractivity contribution in [2.75, 3.05) is 6.61 Å². The van der Waals surface area contributed by atoms with Crippen molar-refractivity contribution >= 4 is 11.6 Å². The Morgan fingerprint density at radius 2 is 1.88 bits per heavy atom. The number of aryl methyl sites for hydroxylation is 1. The molecule has 1 aliphatic heterocycles. The lowest BCUT2D eigenvalue weighted by Crippen LogP contribution is -2.36. The van der Waals surface area contributed by atoms with Gasteiger partial charge in [0, 0.05) is 12.3 Å². The van der Waals surface area contributed by atoms with E-state index in [0.29, 0.717) is 30.3 Å². The molecule has 0 unspecified atom stereocenters. The van der Waals surface area contributed by atoms with Crippen LogP contribution in [0.1, 0.15) is 55.2 Å². The highest BCUT2D eigenvalue weighted by Gasteiger charge is 2.37. The van der Waals surface area contributed by atoms with E-state index in [0.717, 1.165) is 55.6 Å². The lowest BCUT2D eigenvalue weighted by Gasteiger charge is -2.32. The monoisotopic (exact) mass is 441 g/mol. The lowest BCUT2D eigenvalue weighted by molar-refractivity contribution is -0.183. The van der Waals surface area contributed by atoms with E-state index in [1.165, 1.54) is 11.1 Å². The predicted molar refractivity (Wildman–Crippen MR) is 111 cm³/mol. The van der Waals surface area contributed by atoms with E-state index < -0.39 is 11.6 Å². The first kappa shape index (κ1) is 20.9. The number of hydroxylamine groups is 2. The van der Waals surface area contributed by atoms with Crippen molar-refractivity contribution in [1.29, 1.82) is 0 Å². The Hall–Kier alpha value is -2.94. The summed E-state index contributed by atoms with van der Waals surface area (Å²) in [7, 11) is 0. The van der Waals surface area contributed by atoms with E-state index in [1.54, 1.807) is 4.63 Å². The molecule has 0 bridgehead atoms. The Bertz CT molecular complexity index is 1140. The number of hydrogen-bond donors (Lipinski definition) is 0. The Labute approximate surface area is 184 Å². The van der Waals surface area contributed by atoms with Crippen LogP contribution in [0, 0.1) is 30.4 Å². The zero-order valence-corrected chi connectivity index (χ0v) is 17.9. The minimum atomic E-state index is -0.907. The number of benzene rings is 1. The van der Waals surface area contributed by atoms with Gasteiger partial charge < -0.3 is 0 Å². The molecule has 1 saturated carbocycles. The van der Waals surface area contributed by atoms with E-state index in [9.17, 15) is 13.6 Å². The molecule has 32 heavy (non-hydrogen) atoms. The Balaban J connectivity index is 1.20. The highest BCUT2D eigenvalue weighted by molar-refractivity contribution is 5.78. The molecule has 0 radical (unpaired) electrons. The molecular formula is C23H25F2N5O2. The largest absolute Gasteiger partial charge is 0.272 e. The molecule has 1 saturated heterocycles. The molecule has 3 heterocycles. The normalized spacial score (nSPS) is 23.7. The van der Waals surface area contributed by atoms with Gasteiger partial charge in [0.05, 0.1) is 18.3 Å². The number of carbonyl (C=O) groups excluding carboxylic acids is 1. The first-order chi connectivity index (χ1) is 15.5. The molecule has 1 aliphatic carbocycles. The van der Waals surface area contributed by atoms with Crippen LogP contribution in [0.25, 0.3) is 5.65 Å². The Kier molecular flexibility index (Phi) is 5.58. The molecule has 1 aromatic carbocycles. The van der Waals surface area contributed by atoms with E-state index >= 15 is 0 Å². The molecule has 5 rings (SSSR count). The molecular weight excluding hydrogens is 416 g/mol. The molecule has 2 fully saturated rings. The van der Waals surface area contributed by atoms with Crippen LogP contribution in [-0.4, -0.2) is 37.4 Å². The van der Waals surface area contributed by atoms with Crippen molar-refractivity contribution < 1.29 is 18.4 Å². The summed E-state index contributed by atoms with van der Waals surface area (Å²) in [6, 6.07) is 7.33. The van der Waals surface area contributed by atoms with Gasteiger partial charge in [0.25, 0.3) is 0 Å². The zero-order chi connectivity index (χ0) is 22.2. The third kappa shape index (κ3) is 4.09. The van der Waals surface area contributed by atoms with Crippen LogP contribution in [0.5, 0.6) is 0 Å². The lowest BCUT2D eigenvalue weighted by atomic mass is 9.79. The number of halogens is 2. The molecule has 0 spiro atoms. The molecule has 2 aromatic heterocycles. The maximum atomic E-state index is 13.7. The van der Waals surface area contributed by atoms with Crippen LogP contribution < -0.4 is 0 Å². The summed E-state index contributed by atoms with van der Waals surface area (Å²) < 4.78 is 28.6. The number of aromatic nitrogens is 4. The fraction of sp³-hybridized carbons (Fsp3) is 0.478. The Morgan fingerprint density at radius 1 is 1.06 bits per heavy atom. The summed E-state index contributed by atoms with van der Waals surface area (Å²) in [6.07, 6.45) is 4.82. The smallest absolute Gasteiger partial charge is 0.249 e. The van der Waals surface area contributed by atoms with Crippen molar-refractivity contribution in [3.05, 3.63) is 59.0 Å². The highest BCUT2D eigenvalue weighted by atomic mass is 19.2. The third-order valence-electron chi connectivity index (χ3n) is 6.51. The fourth-order valence-electron chi connectivity index (χ4n) is 4.83. The van der Waals surface area contributed by atoms with E-state index in [-0.39, 0.29) is 17.9 Å². The number of amides is 1. The van der Waals surface area contributed by atoms with Crippen LogP contribution in [0.15, 0.2) is 30.3 Å². The summed E-state index contributed by atoms with van der Waals surface area (Å²) in [5.41, 5.74) is 2.27. The van der Waals surface area contributed by atoms with Gasteiger partial charge in [-0.25, -0.2) is 18.8 Å². The van der Waals surface area contributed by atoms with Gasteiger partial charge in [0.1, 0.15) is 5.82 Å². The van der Waals surface area contributed by atoms with Crippen LogP contribution in [-0.2, 0) is 16.1 Å². The number of hydrogen-bond acceptors (Lipinski definition) is 5. The topological polar surface area (TPSA) is 72.6 Å². The molecule has 1 atom stereocenters. The maximum Gasteiger partial charge on any atom is 0.249 e. The van der Waals surface area contributed by atoms with Crippen molar-refractivity contribution in [2.45, 2.75) is 51.5 Å². The predicted octanol–water partition coefficient (Wildman–Crippen LogP) is 3.97. The first-order valence-electron chi connectivity index (χ1n) is 11.1. The fourth-order valence-corrected chi connectivity index (χ4v) is 4.83. The highest BCUT2D eigenvalue weighted by Crippen LogP contribution is 2.37. The minimum Gasteiger partial charge on any atom is -0.272 e. The van der Waals surface area contributed by atoms with E-state index in [4.69, 9.17) is 4.84 Å². The van der Waals surface area contributed by atoms with Crippen molar-refractivity contribution in [3.8, 4) is 0 Å². The van der Waals surface area contributed by atoms with Crippen LogP contribution in [0.2, 0.25) is 0 Å². The standard InChI is InChI=1S/C23H25F2N5O2/c1-14-26-22-9-7-18(28-30(22)27-14)12-15-2-4-16(5-3-15)23(31)29-21(10-11-32-29)17-6-8-19(24)20(25)13-17/h6-9,13,15-16,21H,2-5,10-12H2,1H3/t15-,16-,21-/m0/s1. The molecule has 1 amide bonds. The molecule has 3 aromatic rings. The number of fused-ring (bicyclic) bond motifs is 1. The second-order valence-corrected chi connectivity index (χ2v) is 8.73. The van der Waals surface area contributed by atoms with Crippen molar-refractivity contribution in [1.82, 2.24) is 24.9 Å². The quantitative estimate of drug-likeness (QED) is 0.613. The summed E-state index contributed by atoms with van der Waals surface area (Å²) in [5, 5.41) is 10.2. The van der Waals surface area contributed by atoms with Gasteiger partial charge in [-0.05, 0) is 74.8 Å². The molecule has 9 heteroatoms. The SMILES string of the molecule is Cc1nc2ccc(C[C@H]3CC[C@H](C(=O)N4OCC[C@H]4c4ccc(F)c(F)c4)CC3)nn2n1. The zero-order valence-electron chi connectivity index (χ0n) is 17.9. The van der Waals surface area contributed by atoms with Gasteiger partial charge in [-0.1, -0.05) is 6.07 Å². The van der Waals surface area contributed by atoms with Gasteiger partial charge in [-0.2, -0.15) is 5.10 Å². The molecule has 2 aliphatic rings. The summed E-state index contributed by atoms with van der Waals surface area (Å²) >= 11 is 0. The van der Waals surface area contributed by atoms with Gasteiger partial charge in [0.15, 0.2) is 17.3 Å². The van der Waals surface area contributed by atoms with Crippen molar-refractivity contribution in [3.63, 3.8) is 0 Å². The summed E-state index contributed by atoms with van der Waals surface area (Å²) in [6.45, 7) is 2.23. The average molecular weight is 441 g/mol. The average Bonchev–Trinajstić information content (AvgIpc) is 3.41. The van der Waals surface area contributed by atoms with Crippen LogP contribution in [0.3, 0.4) is 0 Å². The maximum absolute atomic E-state index is 13.7. The van der Waals surface area contributed by atoms with Crippen LogP contribution in [0.4, 0.5) is 8.78 Å². The number of carbonyl (C=O) groups is 1. The van der Waals surface area contributed by atoms with E-state index in [2.05, 4.69) is 15.2 Å². The number of nitrogens with zero attached hydrogens (tertiary/aromatic N) is 5. The van der Waals surface area contributed by atoms with Gasteiger partial charge in [-0.15, -0.1) is 9.73 Å². The summed E-state index contributed by atoms with van der Waals surface area (Å²) in [4.78, 5) is 23.1. The summed E-state index contributed by atoms with van der Waals surface area (Å²) in [5.74, 6) is -0.833. The van der Waals surface area contributed by atoms with Crippen molar-refractivity contribution in [2.24, 2.45) is 11.8 Å². The second kappa shape index (κ2) is 8.54. The molecule has 7 nitrogen and oxygen atoms in total. The van der Waals surface area contributed by atoms with Gasteiger partial charge in [-0.3, -0.25) is 9.63 Å². The van der Waals surface area contributed by atoms with Gasteiger partial charge >= 0.3 is 0 Å². The first-order valence-corrected chi connectivity index (χ1v) is 11.1.